The van der Waals surface area contributed by atoms with E-state index in [1.807, 2.05) is 13.8 Å². The highest BCUT2D eigenvalue weighted by Crippen LogP contribution is 2.39. The molecule has 16 nitrogen and oxygen atoms in total. The quantitative estimate of drug-likeness (QED) is 0.109. The SMILES string of the molecule is Cc1cc(S(=O)(=O)N(CC(C)C)C[C@@H](O)[C@H](Cc2ccccc2)NC(=O)C(C(C)C)N2CC(=O)N(Cc3cc4c(cc3[N+](=O)[O-])OCO4)C2=O)ccc1O. The van der Waals surface area contributed by atoms with Crippen molar-refractivity contribution >= 4 is 33.6 Å². The number of ether oxygens (including phenoxy) is 2. The Bertz CT molecular complexity index is 2010. The number of nitrogens with zero attached hydrogens (tertiary/aromatic N) is 4. The average Bonchev–Trinajstić information content (AvgIpc) is 3.67. The summed E-state index contributed by atoms with van der Waals surface area (Å²) in [5.74, 6) is -1.71. The molecule has 3 aromatic rings. The number of nitrogens with one attached hydrogen (secondary N) is 1. The summed E-state index contributed by atoms with van der Waals surface area (Å²) in [6.45, 7) is 7.18. The highest BCUT2D eigenvalue weighted by Gasteiger charge is 2.45. The average molecular weight is 768 g/mol. The second-order valence-corrected chi connectivity index (χ2v) is 16.1. The van der Waals surface area contributed by atoms with Crippen molar-refractivity contribution in [2.45, 2.75) is 70.7 Å². The molecule has 54 heavy (non-hydrogen) atoms. The summed E-state index contributed by atoms with van der Waals surface area (Å²) in [4.78, 5) is 54.4. The minimum Gasteiger partial charge on any atom is -0.508 e. The molecular formula is C37H45N5O11S. The lowest BCUT2D eigenvalue weighted by Crippen LogP contribution is -2.57. The fraction of sp³-hybridized carbons (Fsp3) is 0.432. The smallest absolute Gasteiger partial charge is 0.328 e. The number of carbonyl (C=O) groups is 3. The number of aliphatic hydroxyl groups excluding tert-OH is 1. The number of amides is 4. The molecule has 1 unspecified atom stereocenters. The Hall–Kier alpha value is -5.26. The van der Waals surface area contributed by atoms with E-state index in [-0.39, 0.29) is 59.1 Å². The molecule has 5 rings (SSSR count). The van der Waals surface area contributed by atoms with Gasteiger partial charge in [0, 0.05) is 13.1 Å². The molecule has 0 radical (unpaired) electrons. The lowest BCUT2D eigenvalue weighted by atomic mass is 9.97. The number of aromatic hydroxyl groups is 1. The van der Waals surface area contributed by atoms with Crippen LogP contribution in [0.2, 0.25) is 0 Å². The standard InChI is InChI=1S/C37H45N5O11S/c1-22(2)17-39(54(50,51)27-11-12-30(43)24(5)13-27)19-31(44)28(14-25-9-7-6-8-10-25)38-36(46)35(23(3)4)41-20-34(45)40(37(41)47)18-26-15-32-33(53-21-52-32)16-29(26)42(48)49/h6-13,15-16,22-23,28,31,35,43-44H,14,17-21H2,1-5H3,(H,38,46)/t28-,31+,35?/m0/s1. The van der Waals surface area contributed by atoms with Gasteiger partial charge < -0.3 is 29.9 Å². The van der Waals surface area contributed by atoms with Gasteiger partial charge in [0.25, 0.3) is 11.6 Å². The number of nitro groups is 1. The molecule has 0 saturated carbocycles. The van der Waals surface area contributed by atoms with E-state index in [9.17, 15) is 43.1 Å². The minimum absolute atomic E-state index is 0.0350. The van der Waals surface area contributed by atoms with Crippen molar-refractivity contribution in [3.05, 3.63) is 87.5 Å². The van der Waals surface area contributed by atoms with Gasteiger partial charge in [0.15, 0.2) is 11.5 Å². The summed E-state index contributed by atoms with van der Waals surface area (Å²) in [6.07, 6.45) is -1.34. The molecule has 0 bridgehead atoms. The minimum atomic E-state index is -4.17. The third-order valence-corrected chi connectivity index (χ3v) is 11.1. The van der Waals surface area contributed by atoms with Gasteiger partial charge in [-0.15, -0.1) is 0 Å². The first-order chi connectivity index (χ1) is 25.5. The van der Waals surface area contributed by atoms with Crippen LogP contribution in [0.25, 0.3) is 0 Å². The van der Waals surface area contributed by atoms with Gasteiger partial charge >= 0.3 is 6.03 Å². The van der Waals surface area contributed by atoms with Gasteiger partial charge in [0.2, 0.25) is 22.7 Å². The molecule has 17 heteroatoms. The molecule has 3 N–H and O–H groups in total. The Labute approximate surface area is 313 Å². The Morgan fingerprint density at radius 2 is 1.69 bits per heavy atom. The number of benzene rings is 3. The third kappa shape index (κ3) is 8.75. The van der Waals surface area contributed by atoms with Gasteiger partial charge in [-0.25, -0.2) is 13.2 Å². The van der Waals surface area contributed by atoms with Gasteiger partial charge in [0.1, 0.15) is 18.3 Å². The van der Waals surface area contributed by atoms with E-state index in [1.165, 1.54) is 30.3 Å². The van der Waals surface area contributed by atoms with Crippen LogP contribution in [0.5, 0.6) is 17.2 Å². The number of aryl methyl sites for hydroxylation is 1. The Morgan fingerprint density at radius 3 is 2.30 bits per heavy atom. The van der Waals surface area contributed by atoms with Crippen molar-refractivity contribution in [1.29, 1.82) is 0 Å². The lowest BCUT2D eigenvalue weighted by molar-refractivity contribution is -0.385. The van der Waals surface area contributed by atoms with Gasteiger partial charge in [-0.05, 0) is 60.6 Å². The number of phenols is 1. The summed E-state index contributed by atoms with van der Waals surface area (Å²) in [7, 11) is -4.17. The summed E-state index contributed by atoms with van der Waals surface area (Å²) < 4.78 is 39.5. The highest BCUT2D eigenvalue weighted by atomic mass is 32.2. The van der Waals surface area contributed by atoms with Gasteiger partial charge in [-0.1, -0.05) is 58.0 Å². The van der Waals surface area contributed by atoms with E-state index in [0.29, 0.717) is 5.56 Å². The van der Waals surface area contributed by atoms with Gasteiger partial charge in [0.05, 0.1) is 40.1 Å². The number of phenolic OH excluding ortho intramolecular Hbond substituents is 1. The molecule has 0 aromatic heterocycles. The first-order valence-corrected chi connectivity index (χ1v) is 18.9. The van der Waals surface area contributed by atoms with Crippen LogP contribution < -0.4 is 14.8 Å². The van der Waals surface area contributed by atoms with E-state index in [1.54, 1.807) is 51.1 Å². The number of hydrogen-bond donors (Lipinski definition) is 3. The normalized spacial score (nSPS) is 16.0. The van der Waals surface area contributed by atoms with Crippen LogP contribution >= 0.6 is 0 Å². The zero-order valence-electron chi connectivity index (χ0n) is 30.7. The molecule has 1 saturated heterocycles. The van der Waals surface area contributed by atoms with Crippen molar-refractivity contribution < 1.29 is 47.4 Å². The maximum absolute atomic E-state index is 14.2. The van der Waals surface area contributed by atoms with E-state index in [4.69, 9.17) is 9.47 Å². The van der Waals surface area contributed by atoms with Gasteiger partial charge in [-0.3, -0.25) is 24.6 Å². The molecule has 0 spiro atoms. The van der Waals surface area contributed by atoms with E-state index in [2.05, 4.69) is 5.32 Å². The van der Waals surface area contributed by atoms with Crippen LogP contribution in [0.4, 0.5) is 10.5 Å². The summed E-state index contributed by atoms with van der Waals surface area (Å²) in [5, 5.41) is 36.5. The Balaban J connectivity index is 1.40. The fourth-order valence-corrected chi connectivity index (χ4v) is 8.26. The molecule has 2 heterocycles. The monoisotopic (exact) mass is 767 g/mol. The molecule has 1 fully saturated rings. The van der Waals surface area contributed by atoms with Crippen LogP contribution in [-0.2, 0) is 32.6 Å². The van der Waals surface area contributed by atoms with Crippen LogP contribution in [-0.4, -0.2) is 100 Å². The van der Waals surface area contributed by atoms with Crippen LogP contribution in [0.15, 0.2) is 65.6 Å². The third-order valence-electron chi connectivity index (χ3n) is 9.27. The van der Waals surface area contributed by atoms with Crippen molar-refractivity contribution in [1.82, 2.24) is 19.4 Å². The largest absolute Gasteiger partial charge is 0.508 e. The number of rotatable bonds is 16. The zero-order chi connectivity index (χ0) is 39.5. The maximum Gasteiger partial charge on any atom is 0.328 e. The molecule has 2 aliphatic heterocycles. The number of carbonyl (C=O) groups excluding carboxylic acids is 3. The van der Waals surface area contributed by atoms with Crippen molar-refractivity contribution in [3.8, 4) is 17.2 Å². The highest BCUT2D eigenvalue weighted by molar-refractivity contribution is 7.89. The first kappa shape index (κ1) is 39.9. The number of sulfonamides is 1. The topological polar surface area (TPSA) is 209 Å². The van der Waals surface area contributed by atoms with Crippen LogP contribution in [0, 0.1) is 28.9 Å². The predicted octanol–water partition coefficient (Wildman–Crippen LogP) is 3.56. The van der Waals surface area contributed by atoms with E-state index in [0.717, 1.165) is 19.7 Å². The summed E-state index contributed by atoms with van der Waals surface area (Å²) >= 11 is 0. The van der Waals surface area contributed by atoms with E-state index >= 15 is 0 Å². The number of hydrogen-bond acceptors (Lipinski definition) is 11. The molecule has 4 amide bonds. The molecule has 2 aliphatic rings. The predicted molar refractivity (Wildman–Crippen MR) is 195 cm³/mol. The number of fused-ring (bicyclic) bond motifs is 1. The lowest BCUT2D eigenvalue weighted by Gasteiger charge is -2.34. The second kappa shape index (κ2) is 16.4. The van der Waals surface area contributed by atoms with Crippen molar-refractivity contribution in [2.24, 2.45) is 11.8 Å². The number of imide groups is 1. The summed E-state index contributed by atoms with van der Waals surface area (Å²) in [6, 6.07) is 12.3. The molecule has 0 aliphatic carbocycles. The fourth-order valence-electron chi connectivity index (χ4n) is 6.55. The van der Waals surface area contributed by atoms with Crippen LogP contribution in [0.3, 0.4) is 0 Å². The number of urea groups is 1. The molecule has 3 atom stereocenters. The van der Waals surface area contributed by atoms with E-state index < -0.39 is 76.5 Å². The molecule has 3 aromatic carbocycles. The molecule has 290 valence electrons. The number of aliphatic hydroxyl groups is 1. The zero-order valence-corrected chi connectivity index (χ0v) is 31.5. The Kier molecular flexibility index (Phi) is 12.1. The number of nitro benzene ring substituents is 1. The van der Waals surface area contributed by atoms with Gasteiger partial charge in [-0.2, -0.15) is 4.31 Å². The van der Waals surface area contributed by atoms with Crippen molar-refractivity contribution in [2.75, 3.05) is 26.4 Å². The summed E-state index contributed by atoms with van der Waals surface area (Å²) in [5.41, 5.74) is 0.757. The van der Waals surface area contributed by atoms with Crippen molar-refractivity contribution in [3.63, 3.8) is 0 Å². The molecular weight excluding hydrogens is 722 g/mol. The van der Waals surface area contributed by atoms with Crippen LogP contribution in [0.1, 0.15) is 44.4 Å². The first-order valence-electron chi connectivity index (χ1n) is 17.5. The Morgan fingerprint density at radius 1 is 1.02 bits per heavy atom. The second-order valence-electron chi connectivity index (χ2n) is 14.2. The maximum atomic E-state index is 14.2.